The van der Waals surface area contributed by atoms with E-state index in [1.165, 1.54) is 64.2 Å². The number of hydrogen-bond acceptors (Lipinski definition) is 3. The van der Waals surface area contributed by atoms with E-state index in [0.29, 0.717) is 0 Å². The molecule has 3 aliphatic rings. The van der Waals surface area contributed by atoms with Crippen LogP contribution in [0, 0.1) is 0 Å². The maximum atomic E-state index is 6.05. The molecule has 0 bridgehead atoms. The van der Waals surface area contributed by atoms with Gasteiger partial charge in [-0.05, 0) is 25.7 Å². The summed E-state index contributed by atoms with van der Waals surface area (Å²) in [6.45, 7) is 2.34. The predicted octanol–water partition coefficient (Wildman–Crippen LogP) is 3.33. The maximum absolute atomic E-state index is 6.05. The van der Waals surface area contributed by atoms with Gasteiger partial charge in [0.1, 0.15) is 6.23 Å². The molecule has 2 saturated carbocycles. The van der Waals surface area contributed by atoms with Crippen LogP contribution >= 0.6 is 0 Å². The van der Waals surface area contributed by atoms with Crippen molar-refractivity contribution in [3.63, 3.8) is 0 Å². The number of nitrogens with zero attached hydrogens (tertiary/aromatic N) is 1. The monoisotopic (exact) mass is 267 g/mol. The number of ether oxygens (including phenoxy) is 2. The summed E-state index contributed by atoms with van der Waals surface area (Å²) in [5.41, 5.74) is 0. The van der Waals surface area contributed by atoms with Gasteiger partial charge in [-0.1, -0.05) is 38.5 Å². The molecule has 2 aliphatic carbocycles. The quantitative estimate of drug-likeness (QED) is 0.783. The smallest absolute Gasteiger partial charge is 0.134 e. The van der Waals surface area contributed by atoms with E-state index in [4.69, 9.17) is 9.47 Å². The van der Waals surface area contributed by atoms with Crippen LogP contribution in [0.2, 0.25) is 0 Å². The summed E-state index contributed by atoms with van der Waals surface area (Å²) in [7, 11) is 0. The lowest BCUT2D eigenvalue weighted by molar-refractivity contribution is -0.182. The molecule has 110 valence electrons. The third kappa shape index (κ3) is 3.50. The zero-order valence-electron chi connectivity index (χ0n) is 12.2. The van der Waals surface area contributed by atoms with Crippen molar-refractivity contribution in [3.8, 4) is 0 Å². The Hall–Kier alpha value is -0.120. The van der Waals surface area contributed by atoms with Gasteiger partial charge in [0, 0.05) is 12.1 Å². The van der Waals surface area contributed by atoms with Gasteiger partial charge in [-0.3, -0.25) is 4.90 Å². The zero-order valence-corrected chi connectivity index (χ0v) is 12.2. The molecular formula is C16H29NO2. The van der Waals surface area contributed by atoms with Gasteiger partial charge in [0.15, 0.2) is 0 Å². The standard InChI is InChI=1S/C16H29NO2/c1-3-7-14(8-4-1)17(15-9-5-2-6-10-15)16-13-18-11-12-19-16/h14-16H,1-13H2. The summed E-state index contributed by atoms with van der Waals surface area (Å²) < 4.78 is 11.7. The van der Waals surface area contributed by atoms with E-state index in [-0.39, 0.29) is 6.23 Å². The molecule has 0 amide bonds. The Balaban J connectivity index is 1.68. The van der Waals surface area contributed by atoms with Crippen LogP contribution in [0.1, 0.15) is 64.2 Å². The lowest BCUT2D eigenvalue weighted by Crippen LogP contribution is -2.55. The Morgan fingerprint density at radius 2 is 1.26 bits per heavy atom. The molecule has 3 rings (SSSR count). The van der Waals surface area contributed by atoms with Crippen molar-refractivity contribution in [1.82, 2.24) is 4.90 Å². The largest absolute Gasteiger partial charge is 0.375 e. The molecule has 0 spiro atoms. The van der Waals surface area contributed by atoms with Crippen LogP contribution in [-0.2, 0) is 9.47 Å². The Labute approximate surface area is 117 Å². The molecule has 1 aliphatic heterocycles. The zero-order chi connectivity index (χ0) is 12.9. The second kappa shape index (κ2) is 7.05. The fourth-order valence-electron chi connectivity index (χ4n) is 4.17. The van der Waals surface area contributed by atoms with Gasteiger partial charge in [-0.25, -0.2) is 0 Å². The van der Waals surface area contributed by atoms with Gasteiger partial charge < -0.3 is 9.47 Å². The topological polar surface area (TPSA) is 21.7 Å². The first kappa shape index (κ1) is 13.8. The highest BCUT2D eigenvalue weighted by Crippen LogP contribution is 2.32. The minimum absolute atomic E-state index is 0.236. The van der Waals surface area contributed by atoms with Gasteiger partial charge in [0.2, 0.25) is 0 Å². The first-order valence-corrected chi connectivity index (χ1v) is 8.42. The lowest BCUT2D eigenvalue weighted by Gasteiger charge is -2.46. The van der Waals surface area contributed by atoms with Crippen molar-refractivity contribution in [1.29, 1.82) is 0 Å². The third-order valence-corrected chi connectivity index (χ3v) is 5.12. The maximum Gasteiger partial charge on any atom is 0.134 e. The van der Waals surface area contributed by atoms with Crippen molar-refractivity contribution in [2.24, 2.45) is 0 Å². The Morgan fingerprint density at radius 1 is 0.684 bits per heavy atom. The van der Waals surface area contributed by atoms with Crippen LogP contribution < -0.4 is 0 Å². The molecule has 1 atom stereocenters. The Morgan fingerprint density at radius 3 is 1.74 bits per heavy atom. The van der Waals surface area contributed by atoms with Crippen LogP contribution in [0.4, 0.5) is 0 Å². The molecule has 1 saturated heterocycles. The molecule has 0 radical (unpaired) electrons. The summed E-state index contributed by atoms with van der Waals surface area (Å²) in [4.78, 5) is 2.73. The van der Waals surface area contributed by atoms with Crippen LogP contribution in [0.3, 0.4) is 0 Å². The van der Waals surface area contributed by atoms with E-state index in [2.05, 4.69) is 4.90 Å². The average molecular weight is 267 g/mol. The van der Waals surface area contributed by atoms with Gasteiger partial charge in [-0.2, -0.15) is 0 Å². The summed E-state index contributed by atoms with van der Waals surface area (Å²) in [5, 5.41) is 0. The Bertz CT molecular complexity index is 211. The summed E-state index contributed by atoms with van der Waals surface area (Å²) in [6, 6.07) is 1.51. The normalized spacial score (nSPS) is 31.7. The van der Waals surface area contributed by atoms with Crippen LogP contribution in [0.15, 0.2) is 0 Å². The molecule has 1 heterocycles. The molecule has 0 N–H and O–H groups in total. The van der Waals surface area contributed by atoms with Crippen molar-refractivity contribution < 1.29 is 9.47 Å². The van der Waals surface area contributed by atoms with Gasteiger partial charge in [0.25, 0.3) is 0 Å². The fourth-order valence-corrected chi connectivity index (χ4v) is 4.17. The molecule has 3 fully saturated rings. The summed E-state index contributed by atoms with van der Waals surface area (Å²) in [6.07, 6.45) is 14.2. The molecular weight excluding hydrogens is 238 g/mol. The molecule has 19 heavy (non-hydrogen) atoms. The predicted molar refractivity (Wildman–Crippen MR) is 76.1 cm³/mol. The minimum atomic E-state index is 0.236. The first-order valence-electron chi connectivity index (χ1n) is 8.42. The van der Waals surface area contributed by atoms with E-state index >= 15 is 0 Å². The molecule has 0 aromatic rings. The molecule has 0 aromatic heterocycles. The van der Waals surface area contributed by atoms with Gasteiger partial charge in [-0.15, -0.1) is 0 Å². The van der Waals surface area contributed by atoms with E-state index in [1.54, 1.807) is 0 Å². The van der Waals surface area contributed by atoms with Gasteiger partial charge in [0.05, 0.1) is 19.8 Å². The third-order valence-electron chi connectivity index (χ3n) is 5.12. The SMILES string of the molecule is C1CCC(N(C2CCCCC2)C2COCCO2)CC1. The van der Waals surface area contributed by atoms with E-state index < -0.39 is 0 Å². The summed E-state index contributed by atoms with van der Waals surface area (Å²) in [5.74, 6) is 0. The second-order valence-electron chi connectivity index (χ2n) is 6.43. The van der Waals surface area contributed by atoms with E-state index in [1.807, 2.05) is 0 Å². The van der Waals surface area contributed by atoms with Crippen molar-refractivity contribution in [3.05, 3.63) is 0 Å². The summed E-state index contributed by atoms with van der Waals surface area (Å²) >= 11 is 0. The minimum Gasteiger partial charge on any atom is -0.375 e. The lowest BCUT2D eigenvalue weighted by atomic mass is 9.88. The highest BCUT2D eigenvalue weighted by molar-refractivity contribution is 4.86. The van der Waals surface area contributed by atoms with Crippen LogP contribution in [0.25, 0.3) is 0 Å². The molecule has 3 heteroatoms. The average Bonchev–Trinajstić information content (AvgIpc) is 2.51. The van der Waals surface area contributed by atoms with Gasteiger partial charge >= 0.3 is 0 Å². The first-order chi connectivity index (χ1) is 9.45. The molecule has 3 nitrogen and oxygen atoms in total. The Kier molecular flexibility index (Phi) is 5.14. The van der Waals surface area contributed by atoms with E-state index in [0.717, 1.165) is 31.9 Å². The van der Waals surface area contributed by atoms with Crippen molar-refractivity contribution in [2.75, 3.05) is 19.8 Å². The molecule has 0 aromatic carbocycles. The number of hydrogen-bond donors (Lipinski definition) is 0. The highest BCUT2D eigenvalue weighted by Gasteiger charge is 2.35. The fraction of sp³-hybridized carbons (Fsp3) is 1.00. The number of rotatable bonds is 3. The van der Waals surface area contributed by atoms with Crippen molar-refractivity contribution in [2.45, 2.75) is 82.5 Å². The highest BCUT2D eigenvalue weighted by atomic mass is 16.6. The van der Waals surface area contributed by atoms with E-state index in [9.17, 15) is 0 Å². The molecule has 1 unspecified atom stereocenters. The van der Waals surface area contributed by atoms with Crippen molar-refractivity contribution >= 4 is 0 Å². The van der Waals surface area contributed by atoms with Crippen LogP contribution in [-0.4, -0.2) is 43.0 Å². The van der Waals surface area contributed by atoms with Crippen LogP contribution in [0.5, 0.6) is 0 Å². The second-order valence-corrected chi connectivity index (χ2v) is 6.43.